The maximum absolute atomic E-state index is 13.8. The van der Waals surface area contributed by atoms with Crippen molar-refractivity contribution in [1.29, 1.82) is 0 Å². The molecule has 1 aliphatic rings. The first-order valence-electron chi connectivity index (χ1n) is 8.45. The fourth-order valence-electron chi connectivity index (χ4n) is 3.20. The Labute approximate surface area is 154 Å². The maximum atomic E-state index is 13.8. The molecule has 2 aromatic rings. The first kappa shape index (κ1) is 19.2. The fraction of sp³-hybridized carbons (Fsp3) is 0.350. The van der Waals surface area contributed by atoms with Crippen LogP contribution in [0, 0.1) is 11.7 Å². The van der Waals surface area contributed by atoms with Crippen LogP contribution >= 0.6 is 0 Å². The number of ether oxygens (including phenoxy) is 1. The van der Waals surface area contributed by atoms with E-state index in [1.54, 1.807) is 13.1 Å². The zero-order valence-electron chi connectivity index (χ0n) is 14.9. The van der Waals surface area contributed by atoms with Gasteiger partial charge >= 0.3 is 6.18 Å². The molecule has 0 aromatic heterocycles. The molecule has 1 saturated carbocycles. The lowest BCUT2D eigenvalue weighted by atomic mass is 10.1. The van der Waals surface area contributed by atoms with Crippen molar-refractivity contribution in [1.82, 2.24) is 4.90 Å². The van der Waals surface area contributed by atoms with Crippen LogP contribution in [0.2, 0.25) is 0 Å². The van der Waals surface area contributed by atoms with Gasteiger partial charge in [-0.25, -0.2) is 4.39 Å². The predicted octanol–water partition coefficient (Wildman–Crippen LogP) is 4.62. The quantitative estimate of drug-likeness (QED) is 0.708. The molecule has 0 radical (unpaired) electrons. The SMILES string of the molecule is COc1ccc(CN(C)C(=O)C2CC2c2ccc(C(F)(F)F)cc2)cc1F. The first-order chi connectivity index (χ1) is 12.7. The summed E-state index contributed by atoms with van der Waals surface area (Å²) in [6.45, 7) is 0.246. The number of alkyl halides is 3. The van der Waals surface area contributed by atoms with Gasteiger partial charge in [0.1, 0.15) is 0 Å². The lowest BCUT2D eigenvalue weighted by Gasteiger charge is -2.18. The monoisotopic (exact) mass is 381 g/mol. The van der Waals surface area contributed by atoms with Gasteiger partial charge in [0.25, 0.3) is 0 Å². The summed E-state index contributed by atoms with van der Waals surface area (Å²) in [5.41, 5.74) is 0.662. The topological polar surface area (TPSA) is 29.5 Å². The molecular weight excluding hydrogens is 362 g/mol. The second kappa shape index (κ2) is 7.21. The van der Waals surface area contributed by atoms with Crippen LogP contribution in [-0.2, 0) is 17.5 Å². The first-order valence-corrected chi connectivity index (χ1v) is 8.45. The predicted molar refractivity (Wildman–Crippen MR) is 91.7 cm³/mol. The van der Waals surface area contributed by atoms with Crippen molar-refractivity contribution in [2.24, 2.45) is 5.92 Å². The molecule has 7 heteroatoms. The van der Waals surface area contributed by atoms with E-state index in [4.69, 9.17) is 4.74 Å². The Hall–Kier alpha value is -2.57. The van der Waals surface area contributed by atoms with Crippen molar-refractivity contribution in [3.8, 4) is 5.75 Å². The Morgan fingerprint density at radius 1 is 1.19 bits per heavy atom. The van der Waals surface area contributed by atoms with Crippen LogP contribution in [0.15, 0.2) is 42.5 Å². The molecule has 3 nitrogen and oxygen atoms in total. The van der Waals surface area contributed by atoms with E-state index in [9.17, 15) is 22.4 Å². The standard InChI is InChI=1S/C20H19F4NO2/c1-25(11-12-3-8-18(27-2)17(21)9-12)19(26)16-10-15(16)13-4-6-14(7-5-13)20(22,23)24/h3-9,15-16H,10-11H2,1-2H3. The van der Waals surface area contributed by atoms with Gasteiger partial charge < -0.3 is 9.64 Å². The van der Waals surface area contributed by atoms with Crippen LogP contribution in [0.5, 0.6) is 5.75 Å². The average Bonchev–Trinajstić information content (AvgIpc) is 3.41. The van der Waals surface area contributed by atoms with E-state index >= 15 is 0 Å². The van der Waals surface area contributed by atoms with E-state index in [1.165, 1.54) is 36.3 Å². The van der Waals surface area contributed by atoms with Crippen LogP contribution in [-0.4, -0.2) is 25.0 Å². The lowest BCUT2D eigenvalue weighted by molar-refractivity contribution is -0.137. The number of rotatable bonds is 5. The zero-order valence-corrected chi connectivity index (χ0v) is 14.9. The molecule has 0 N–H and O–H groups in total. The number of nitrogens with zero attached hydrogens (tertiary/aromatic N) is 1. The Morgan fingerprint density at radius 3 is 2.41 bits per heavy atom. The number of halogens is 4. The molecule has 2 unspecified atom stereocenters. The summed E-state index contributed by atoms with van der Waals surface area (Å²) in [4.78, 5) is 14.1. The van der Waals surface area contributed by atoms with Gasteiger partial charge in [0.15, 0.2) is 11.6 Å². The summed E-state index contributed by atoms with van der Waals surface area (Å²) in [6, 6.07) is 9.46. The second-order valence-corrected chi connectivity index (χ2v) is 6.73. The zero-order chi connectivity index (χ0) is 19.8. The van der Waals surface area contributed by atoms with Crippen LogP contribution in [0.25, 0.3) is 0 Å². The van der Waals surface area contributed by atoms with Crippen molar-refractivity contribution in [3.05, 3.63) is 65.0 Å². The molecule has 0 spiro atoms. The Kier molecular flexibility index (Phi) is 5.13. The molecule has 0 heterocycles. The number of methoxy groups -OCH3 is 1. The minimum Gasteiger partial charge on any atom is -0.494 e. The van der Waals surface area contributed by atoms with Crippen molar-refractivity contribution >= 4 is 5.91 Å². The average molecular weight is 381 g/mol. The van der Waals surface area contributed by atoms with E-state index in [0.717, 1.165) is 17.7 Å². The highest BCUT2D eigenvalue weighted by molar-refractivity contribution is 5.82. The Bertz CT molecular complexity index is 833. The molecule has 144 valence electrons. The second-order valence-electron chi connectivity index (χ2n) is 6.73. The normalized spacial score (nSPS) is 18.9. The number of hydrogen-bond acceptors (Lipinski definition) is 2. The minimum absolute atomic E-state index is 0.0742. The number of carbonyl (C=O) groups excluding carboxylic acids is 1. The summed E-state index contributed by atoms with van der Waals surface area (Å²) in [6.07, 6.45) is -3.77. The van der Waals surface area contributed by atoms with E-state index in [2.05, 4.69) is 0 Å². The third kappa shape index (κ3) is 4.23. The number of amides is 1. The molecule has 27 heavy (non-hydrogen) atoms. The Balaban J connectivity index is 1.61. The van der Waals surface area contributed by atoms with Gasteiger partial charge in [0.2, 0.25) is 5.91 Å². The molecular formula is C20H19F4NO2. The van der Waals surface area contributed by atoms with Crippen molar-refractivity contribution in [2.75, 3.05) is 14.2 Å². The number of carbonyl (C=O) groups is 1. The maximum Gasteiger partial charge on any atom is 0.416 e. The highest BCUT2D eigenvalue weighted by atomic mass is 19.4. The molecule has 2 atom stereocenters. The molecule has 0 saturated heterocycles. The highest BCUT2D eigenvalue weighted by Gasteiger charge is 2.45. The van der Waals surface area contributed by atoms with Gasteiger partial charge in [-0.3, -0.25) is 4.79 Å². The van der Waals surface area contributed by atoms with Gasteiger partial charge in [-0.05, 0) is 47.7 Å². The third-order valence-corrected chi connectivity index (χ3v) is 4.79. The van der Waals surface area contributed by atoms with Crippen molar-refractivity contribution < 1.29 is 27.1 Å². The molecule has 0 bridgehead atoms. The molecule has 1 amide bonds. The summed E-state index contributed by atoms with van der Waals surface area (Å²) in [7, 11) is 3.01. The highest BCUT2D eigenvalue weighted by Crippen LogP contribution is 2.48. The lowest BCUT2D eigenvalue weighted by Crippen LogP contribution is -2.28. The Morgan fingerprint density at radius 2 is 1.85 bits per heavy atom. The van der Waals surface area contributed by atoms with Gasteiger partial charge in [-0.1, -0.05) is 18.2 Å². The summed E-state index contributed by atoms with van der Waals surface area (Å²) in [5, 5.41) is 0. The minimum atomic E-state index is -4.37. The van der Waals surface area contributed by atoms with Gasteiger partial charge in [-0.15, -0.1) is 0 Å². The summed E-state index contributed by atoms with van der Waals surface area (Å²) < 4.78 is 56.5. The molecule has 3 rings (SSSR count). The summed E-state index contributed by atoms with van der Waals surface area (Å²) >= 11 is 0. The van der Waals surface area contributed by atoms with E-state index in [0.29, 0.717) is 12.0 Å². The van der Waals surface area contributed by atoms with Crippen LogP contribution in [0.1, 0.15) is 29.0 Å². The van der Waals surface area contributed by atoms with Gasteiger partial charge in [0, 0.05) is 19.5 Å². The number of benzene rings is 2. The van der Waals surface area contributed by atoms with Crippen molar-refractivity contribution in [3.63, 3.8) is 0 Å². The van der Waals surface area contributed by atoms with Gasteiger partial charge in [-0.2, -0.15) is 13.2 Å². The third-order valence-electron chi connectivity index (χ3n) is 4.79. The molecule has 2 aromatic carbocycles. The van der Waals surface area contributed by atoms with Crippen LogP contribution < -0.4 is 4.74 Å². The molecule has 1 aliphatic carbocycles. The van der Waals surface area contributed by atoms with Gasteiger partial charge in [0.05, 0.1) is 12.7 Å². The smallest absolute Gasteiger partial charge is 0.416 e. The van der Waals surface area contributed by atoms with Crippen molar-refractivity contribution in [2.45, 2.75) is 25.1 Å². The molecule has 0 aliphatic heterocycles. The fourth-order valence-corrected chi connectivity index (χ4v) is 3.20. The van der Waals surface area contributed by atoms with E-state index < -0.39 is 17.6 Å². The van der Waals surface area contributed by atoms with Crippen LogP contribution in [0.4, 0.5) is 17.6 Å². The van der Waals surface area contributed by atoms with E-state index in [-0.39, 0.29) is 30.0 Å². The van der Waals surface area contributed by atoms with Crippen LogP contribution in [0.3, 0.4) is 0 Å². The number of hydrogen-bond donors (Lipinski definition) is 0. The van der Waals surface area contributed by atoms with E-state index in [1.807, 2.05) is 0 Å². The molecule has 1 fully saturated rings. The summed E-state index contributed by atoms with van der Waals surface area (Å²) in [5.74, 6) is -0.789. The largest absolute Gasteiger partial charge is 0.494 e.